The summed E-state index contributed by atoms with van der Waals surface area (Å²) in [6.45, 7) is 31.3. The fourth-order valence-electron chi connectivity index (χ4n) is 0.406. The van der Waals surface area contributed by atoms with E-state index in [-0.39, 0.29) is 5.41 Å². The second kappa shape index (κ2) is 42.8. The molecular weight excluding hydrogens is 316 g/mol. The molecule has 0 aliphatic rings. The van der Waals surface area contributed by atoms with Crippen molar-refractivity contribution in [3.05, 3.63) is 33.3 Å². The molecular formula is C14H14CrO6. The fourth-order valence-corrected chi connectivity index (χ4v) is 0.669. The minimum absolute atomic E-state index is 0.0478. The molecule has 6 nitrogen and oxygen atoms in total. The topological polar surface area (TPSA) is 109 Å². The van der Waals surface area contributed by atoms with E-state index in [2.05, 4.69) is 81.7 Å². The van der Waals surface area contributed by atoms with Crippen LogP contribution in [0.1, 0.15) is 27.7 Å². The normalized spacial score (nSPS) is 5.81. The van der Waals surface area contributed by atoms with Crippen molar-refractivity contribution in [1.29, 1.82) is 0 Å². The molecule has 7 heteroatoms. The van der Waals surface area contributed by atoms with Crippen LogP contribution < -0.4 is 0 Å². The standard InChI is InChI=1S/C9H14O.5CO.Cr/c1-5-10-8-6-7-9(2,3)4;5*1-2;/h5H2,1-4H3;;;;;;. The van der Waals surface area contributed by atoms with Gasteiger partial charge in [-0.3, -0.25) is 0 Å². The van der Waals surface area contributed by atoms with Crippen LogP contribution >= 0.6 is 0 Å². The first kappa shape index (κ1) is 36.7. The SMILES string of the molecule is CCO[C](=[Cr])C#CC(C)(C)C.[C-]#[O+].[C-]#[O+].[C-]#[O+].[C-]#[O+].[C-]#[O+]. The zero-order valence-electron chi connectivity index (χ0n) is 12.1. The summed E-state index contributed by atoms with van der Waals surface area (Å²) >= 11 is 2.77. The number of hydrogen-bond acceptors (Lipinski definition) is 1. The van der Waals surface area contributed by atoms with Crippen LogP contribution in [0.4, 0.5) is 0 Å². The van der Waals surface area contributed by atoms with Crippen LogP contribution in [0.15, 0.2) is 0 Å². The van der Waals surface area contributed by atoms with Gasteiger partial charge in [0.05, 0.1) is 0 Å². The van der Waals surface area contributed by atoms with Gasteiger partial charge >= 0.3 is 133 Å². The summed E-state index contributed by atoms with van der Waals surface area (Å²) in [7, 11) is 0. The molecule has 0 radical (unpaired) electrons. The van der Waals surface area contributed by atoms with Crippen molar-refractivity contribution >= 4 is 4.57 Å². The Morgan fingerprint density at radius 1 is 0.905 bits per heavy atom. The average Bonchev–Trinajstić information content (AvgIpc) is 2.55. The van der Waals surface area contributed by atoms with Gasteiger partial charge < -0.3 is 0 Å². The van der Waals surface area contributed by atoms with Crippen LogP contribution in [-0.2, 0) is 43.8 Å². The van der Waals surface area contributed by atoms with Crippen LogP contribution in [0.25, 0.3) is 0 Å². The summed E-state index contributed by atoms with van der Waals surface area (Å²) in [6, 6.07) is 0. The third-order valence-electron chi connectivity index (χ3n) is 0.815. The first-order valence-corrected chi connectivity index (χ1v) is 5.31. The molecule has 0 amide bonds. The molecule has 0 aliphatic carbocycles. The van der Waals surface area contributed by atoms with Crippen LogP contribution in [0.3, 0.4) is 0 Å². The van der Waals surface area contributed by atoms with E-state index in [0.29, 0.717) is 11.2 Å². The second-order valence-electron chi connectivity index (χ2n) is 3.22. The number of ether oxygens (including phenoxy) is 1. The zero-order valence-corrected chi connectivity index (χ0v) is 13.3. The van der Waals surface area contributed by atoms with E-state index in [1.165, 1.54) is 0 Å². The van der Waals surface area contributed by atoms with Crippen molar-refractivity contribution < 1.29 is 43.8 Å². The molecule has 0 N–H and O–H groups in total. The van der Waals surface area contributed by atoms with E-state index in [1.807, 2.05) is 6.92 Å². The van der Waals surface area contributed by atoms with Crippen molar-refractivity contribution in [1.82, 2.24) is 0 Å². The summed E-state index contributed by atoms with van der Waals surface area (Å²) in [5, 5.41) is 0. The Labute approximate surface area is 133 Å². The molecule has 0 rings (SSSR count). The maximum absolute atomic E-state index is 7.50. The van der Waals surface area contributed by atoms with E-state index < -0.39 is 0 Å². The molecule has 21 heavy (non-hydrogen) atoms. The molecule has 112 valence electrons. The molecule has 0 saturated carbocycles. The van der Waals surface area contributed by atoms with Gasteiger partial charge in [-0.1, -0.05) is 0 Å². The summed E-state index contributed by atoms with van der Waals surface area (Å²) in [4.78, 5) is 0. The predicted molar refractivity (Wildman–Crippen MR) is 63.5 cm³/mol. The first-order chi connectivity index (χ1) is 9.95. The van der Waals surface area contributed by atoms with Gasteiger partial charge in [0.15, 0.2) is 0 Å². The fraction of sp³-hybridized carbons (Fsp3) is 0.429. The molecule has 0 aromatic heterocycles. The third kappa shape index (κ3) is 88.6. The monoisotopic (exact) mass is 330 g/mol. The van der Waals surface area contributed by atoms with Gasteiger partial charge in [0.2, 0.25) is 0 Å². The van der Waals surface area contributed by atoms with Gasteiger partial charge in [-0.05, 0) is 0 Å². The van der Waals surface area contributed by atoms with E-state index in [1.54, 1.807) is 0 Å². The third-order valence-corrected chi connectivity index (χ3v) is 1.16. The Kier molecular flexibility index (Phi) is 74.8. The zero-order chi connectivity index (χ0) is 18.9. The Hall–Kier alpha value is -1.38. The summed E-state index contributed by atoms with van der Waals surface area (Å²) in [5.41, 5.74) is 0.0478. The molecule has 0 aromatic rings. The van der Waals surface area contributed by atoms with Crippen molar-refractivity contribution in [2.45, 2.75) is 27.7 Å². The van der Waals surface area contributed by atoms with Crippen LogP contribution in [0, 0.1) is 50.5 Å². The second-order valence-corrected chi connectivity index (χ2v) is 3.80. The van der Waals surface area contributed by atoms with Crippen LogP contribution in [0.2, 0.25) is 0 Å². The Balaban J connectivity index is -0.0000000474. The molecule has 0 fully saturated rings. The van der Waals surface area contributed by atoms with Gasteiger partial charge in [-0.2, -0.15) is 0 Å². The Bertz CT molecular complexity index is 336. The molecule has 0 atom stereocenters. The molecule has 0 saturated heterocycles. The van der Waals surface area contributed by atoms with E-state index >= 15 is 0 Å². The van der Waals surface area contributed by atoms with Crippen LogP contribution in [0.5, 0.6) is 0 Å². The van der Waals surface area contributed by atoms with Crippen molar-refractivity contribution in [3.63, 3.8) is 0 Å². The van der Waals surface area contributed by atoms with Crippen molar-refractivity contribution in [2.24, 2.45) is 5.41 Å². The minimum atomic E-state index is 0.0478. The Morgan fingerprint density at radius 3 is 1.38 bits per heavy atom. The molecule has 0 aliphatic heterocycles. The summed E-state index contributed by atoms with van der Waals surface area (Å²) in [6.07, 6.45) is 0. The molecule has 0 heterocycles. The van der Waals surface area contributed by atoms with Gasteiger partial charge in [0.25, 0.3) is 0 Å². The quantitative estimate of drug-likeness (QED) is 0.427. The summed E-state index contributed by atoms with van der Waals surface area (Å²) < 4.78 is 43.3. The van der Waals surface area contributed by atoms with Gasteiger partial charge in [0.1, 0.15) is 0 Å². The average molecular weight is 330 g/mol. The molecule has 0 aromatic carbocycles. The van der Waals surface area contributed by atoms with E-state index in [9.17, 15) is 0 Å². The number of hydrogen-bond donors (Lipinski definition) is 0. The van der Waals surface area contributed by atoms with Gasteiger partial charge in [0, 0.05) is 0 Å². The van der Waals surface area contributed by atoms with Gasteiger partial charge in [-0.25, -0.2) is 0 Å². The van der Waals surface area contributed by atoms with Crippen molar-refractivity contribution in [3.8, 4) is 11.8 Å². The summed E-state index contributed by atoms with van der Waals surface area (Å²) in [5.74, 6) is 5.98. The molecule has 0 bridgehead atoms. The first-order valence-electron chi connectivity index (χ1n) is 4.67. The van der Waals surface area contributed by atoms with E-state index in [0.717, 1.165) is 0 Å². The van der Waals surface area contributed by atoms with Crippen molar-refractivity contribution in [2.75, 3.05) is 6.61 Å². The molecule has 0 spiro atoms. The van der Waals surface area contributed by atoms with Gasteiger partial charge in [-0.15, -0.1) is 0 Å². The Morgan fingerprint density at radius 2 is 1.19 bits per heavy atom. The number of rotatable bonds is 2. The van der Waals surface area contributed by atoms with Crippen LogP contribution in [-0.4, -0.2) is 11.2 Å². The van der Waals surface area contributed by atoms with E-state index in [4.69, 9.17) is 28.0 Å². The maximum atomic E-state index is 7.50. The predicted octanol–water partition coefficient (Wildman–Crippen LogP) is 1.56. The molecule has 0 unspecified atom stereocenters.